The molecule has 0 aliphatic carbocycles. The second-order valence-electron chi connectivity index (χ2n) is 7.13. The van der Waals surface area contributed by atoms with E-state index in [9.17, 15) is 4.79 Å². The van der Waals surface area contributed by atoms with E-state index in [1.54, 1.807) is 6.20 Å². The molecule has 1 fully saturated rings. The predicted octanol–water partition coefficient (Wildman–Crippen LogP) is 2.34. The number of anilines is 1. The molecule has 8 heteroatoms. The van der Waals surface area contributed by atoms with Crippen LogP contribution in [0.5, 0.6) is 0 Å². The van der Waals surface area contributed by atoms with Crippen molar-refractivity contribution >= 4 is 29.0 Å². The molecule has 3 heterocycles. The molecule has 8 nitrogen and oxygen atoms in total. The Bertz CT molecular complexity index is 982. The van der Waals surface area contributed by atoms with Gasteiger partial charge in [-0.1, -0.05) is 24.3 Å². The van der Waals surface area contributed by atoms with Crippen molar-refractivity contribution in [3.8, 4) is 0 Å². The average Bonchev–Trinajstić information content (AvgIpc) is 3.02. The number of hydrogen-bond donors (Lipinski definition) is 1. The number of benzene rings is 1. The molecule has 0 bridgehead atoms. The molecule has 0 unspecified atom stereocenters. The van der Waals surface area contributed by atoms with Gasteiger partial charge in [-0.3, -0.25) is 14.3 Å². The lowest BCUT2D eigenvalue weighted by Gasteiger charge is -2.24. The summed E-state index contributed by atoms with van der Waals surface area (Å²) in [6.45, 7) is 3.05. The maximum Gasteiger partial charge on any atom is 0.290 e. The average molecular weight is 409 g/mol. The Morgan fingerprint density at radius 2 is 1.90 bits per heavy atom. The topological polar surface area (TPSA) is 91.6 Å². The lowest BCUT2D eigenvalue weighted by atomic mass is 10.1. The molecule has 0 radical (unpaired) electrons. The van der Waals surface area contributed by atoms with Gasteiger partial charge in [0, 0.05) is 63.1 Å². The third-order valence-electron chi connectivity index (χ3n) is 5.32. The summed E-state index contributed by atoms with van der Waals surface area (Å²) in [4.78, 5) is 30.0. The molecule has 30 heavy (non-hydrogen) atoms. The van der Waals surface area contributed by atoms with E-state index in [4.69, 9.17) is 9.90 Å². The van der Waals surface area contributed by atoms with E-state index in [1.807, 2.05) is 35.0 Å². The van der Waals surface area contributed by atoms with E-state index >= 15 is 0 Å². The number of pyridine rings is 1. The molecule has 1 amide bonds. The van der Waals surface area contributed by atoms with E-state index < -0.39 is 0 Å². The summed E-state index contributed by atoms with van der Waals surface area (Å²) in [6, 6.07) is 12.4. The van der Waals surface area contributed by atoms with E-state index in [2.05, 4.69) is 39.2 Å². The highest BCUT2D eigenvalue weighted by atomic mass is 16.3. The Morgan fingerprint density at radius 1 is 1.10 bits per heavy atom. The monoisotopic (exact) mass is 409 g/mol. The SMILES string of the molecule is Cn1nccc1CCC(=O)N1CCCN(c2nccc3ccccc23)CC1.O=CO. The first kappa shape index (κ1) is 21.3. The number of carboxylic acid groups (broad SMARTS) is 1. The third kappa shape index (κ3) is 5.14. The molecule has 3 aromatic rings. The number of hydrogen-bond acceptors (Lipinski definition) is 5. The summed E-state index contributed by atoms with van der Waals surface area (Å²) in [5.74, 6) is 1.25. The first-order valence-electron chi connectivity index (χ1n) is 10.0. The molecular weight excluding hydrogens is 382 g/mol. The third-order valence-corrected chi connectivity index (χ3v) is 5.32. The Balaban J connectivity index is 0.000000806. The van der Waals surface area contributed by atoms with Gasteiger partial charge < -0.3 is 14.9 Å². The van der Waals surface area contributed by atoms with Crippen molar-refractivity contribution in [2.24, 2.45) is 7.05 Å². The molecule has 1 saturated heterocycles. The Labute approximate surface area is 175 Å². The summed E-state index contributed by atoms with van der Waals surface area (Å²) in [7, 11) is 1.92. The van der Waals surface area contributed by atoms with Crippen molar-refractivity contribution in [2.75, 3.05) is 31.1 Å². The zero-order valence-corrected chi connectivity index (χ0v) is 17.1. The molecule has 0 atom stereocenters. The van der Waals surface area contributed by atoms with Crippen LogP contribution in [0.3, 0.4) is 0 Å². The van der Waals surface area contributed by atoms with Crippen LogP contribution in [-0.4, -0.2) is 63.3 Å². The van der Waals surface area contributed by atoms with E-state index in [0.29, 0.717) is 6.42 Å². The highest BCUT2D eigenvalue weighted by Gasteiger charge is 2.21. The van der Waals surface area contributed by atoms with Gasteiger partial charge in [0.05, 0.1) is 0 Å². The van der Waals surface area contributed by atoms with Crippen LogP contribution in [-0.2, 0) is 23.1 Å². The number of carbonyl (C=O) groups excluding carboxylic acids is 1. The van der Waals surface area contributed by atoms with Gasteiger partial charge in [0.2, 0.25) is 5.91 Å². The standard InChI is InChI=1S/C21H25N5O.CH2O2/c1-24-18(10-12-23-24)7-8-20(27)25-13-4-14-26(16-15-25)21-19-6-3-2-5-17(19)9-11-22-21;2-1-3/h2-3,5-6,9-12H,4,7-8,13-16H2,1H3;1H,(H,2,3). The Kier molecular flexibility index (Phi) is 7.37. The van der Waals surface area contributed by atoms with Crippen LogP contribution < -0.4 is 4.90 Å². The fourth-order valence-electron chi connectivity index (χ4n) is 3.77. The second kappa shape index (κ2) is 10.4. The molecule has 2 aromatic heterocycles. The summed E-state index contributed by atoms with van der Waals surface area (Å²) in [5.41, 5.74) is 1.10. The number of aryl methyl sites for hydroxylation is 2. The maximum absolute atomic E-state index is 12.7. The van der Waals surface area contributed by atoms with Gasteiger partial charge in [-0.2, -0.15) is 5.10 Å². The normalized spacial score (nSPS) is 14.0. The van der Waals surface area contributed by atoms with Crippen molar-refractivity contribution in [3.63, 3.8) is 0 Å². The molecule has 0 spiro atoms. The van der Waals surface area contributed by atoms with E-state index in [1.165, 1.54) is 10.8 Å². The summed E-state index contributed by atoms with van der Waals surface area (Å²) < 4.78 is 1.84. The van der Waals surface area contributed by atoms with Gasteiger partial charge in [-0.05, 0) is 30.4 Å². The van der Waals surface area contributed by atoms with Crippen molar-refractivity contribution in [1.29, 1.82) is 0 Å². The van der Waals surface area contributed by atoms with Crippen LogP contribution in [0.2, 0.25) is 0 Å². The van der Waals surface area contributed by atoms with Crippen LogP contribution in [0.1, 0.15) is 18.5 Å². The highest BCUT2D eigenvalue weighted by molar-refractivity contribution is 5.92. The van der Waals surface area contributed by atoms with Crippen LogP contribution in [0.15, 0.2) is 48.8 Å². The Morgan fingerprint density at radius 3 is 2.67 bits per heavy atom. The molecule has 0 saturated carbocycles. The largest absolute Gasteiger partial charge is 0.483 e. The van der Waals surface area contributed by atoms with Gasteiger partial charge in [0.25, 0.3) is 6.47 Å². The molecule has 1 aliphatic rings. The fourth-order valence-corrected chi connectivity index (χ4v) is 3.77. The number of amides is 1. The molecule has 158 valence electrons. The van der Waals surface area contributed by atoms with Gasteiger partial charge in [-0.15, -0.1) is 0 Å². The minimum atomic E-state index is -0.250. The second-order valence-corrected chi connectivity index (χ2v) is 7.13. The first-order chi connectivity index (χ1) is 14.6. The van der Waals surface area contributed by atoms with Gasteiger partial charge in [0.1, 0.15) is 5.82 Å². The van der Waals surface area contributed by atoms with Gasteiger partial charge in [0.15, 0.2) is 0 Å². The van der Waals surface area contributed by atoms with Crippen LogP contribution in [0, 0.1) is 0 Å². The van der Waals surface area contributed by atoms with Crippen molar-refractivity contribution in [3.05, 3.63) is 54.5 Å². The molecule has 1 aromatic carbocycles. The molecular formula is C22H27N5O3. The minimum absolute atomic E-state index is 0.226. The number of carbonyl (C=O) groups is 2. The summed E-state index contributed by atoms with van der Waals surface area (Å²) >= 11 is 0. The first-order valence-corrected chi connectivity index (χ1v) is 10.0. The molecule has 4 rings (SSSR count). The van der Waals surface area contributed by atoms with E-state index in [-0.39, 0.29) is 12.4 Å². The lowest BCUT2D eigenvalue weighted by molar-refractivity contribution is -0.131. The van der Waals surface area contributed by atoms with Crippen molar-refractivity contribution in [1.82, 2.24) is 19.7 Å². The zero-order chi connectivity index (χ0) is 21.3. The maximum atomic E-state index is 12.7. The number of nitrogens with zero attached hydrogens (tertiary/aromatic N) is 5. The quantitative estimate of drug-likeness (QED) is 0.665. The van der Waals surface area contributed by atoms with Gasteiger partial charge >= 0.3 is 0 Å². The number of rotatable bonds is 4. The zero-order valence-electron chi connectivity index (χ0n) is 17.1. The van der Waals surface area contributed by atoms with Crippen molar-refractivity contribution in [2.45, 2.75) is 19.3 Å². The minimum Gasteiger partial charge on any atom is -0.483 e. The molecule has 1 N–H and O–H groups in total. The number of fused-ring (bicyclic) bond motifs is 1. The lowest BCUT2D eigenvalue weighted by Crippen LogP contribution is -2.35. The highest BCUT2D eigenvalue weighted by Crippen LogP contribution is 2.25. The van der Waals surface area contributed by atoms with Gasteiger partial charge in [-0.25, -0.2) is 4.98 Å². The molecule has 1 aliphatic heterocycles. The fraction of sp³-hybridized carbons (Fsp3) is 0.364. The van der Waals surface area contributed by atoms with Crippen LogP contribution in [0.25, 0.3) is 10.8 Å². The van der Waals surface area contributed by atoms with Crippen LogP contribution >= 0.6 is 0 Å². The predicted molar refractivity (Wildman–Crippen MR) is 115 cm³/mol. The smallest absolute Gasteiger partial charge is 0.290 e. The van der Waals surface area contributed by atoms with E-state index in [0.717, 1.165) is 50.5 Å². The van der Waals surface area contributed by atoms with Crippen LogP contribution in [0.4, 0.5) is 5.82 Å². The Hall–Kier alpha value is -3.42. The van der Waals surface area contributed by atoms with Crippen molar-refractivity contribution < 1.29 is 14.7 Å². The number of aromatic nitrogens is 3. The summed E-state index contributed by atoms with van der Waals surface area (Å²) in [6.07, 6.45) is 5.88. The summed E-state index contributed by atoms with van der Waals surface area (Å²) in [5, 5.41) is 13.4.